The summed E-state index contributed by atoms with van der Waals surface area (Å²) in [6.07, 6.45) is -7.70. The normalized spacial score (nSPS) is 22.3. The third-order valence-electron chi connectivity index (χ3n) is 24.1. The number of hydrogen-bond acceptors (Lipinski definition) is 18. The fourth-order valence-corrected chi connectivity index (χ4v) is 20.5. The molecule has 117 heavy (non-hydrogen) atoms. The van der Waals surface area contributed by atoms with E-state index in [9.17, 15) is 27.9 Å². The molecule has 0 aliphatic carbocycles. The minimum Gasteiger partial charge on any atom is -0.392 e. The molecule has 23 nitrogen and oxygen atoms in total. The van der Waals surface area contributed by atoms with Crippen molar-refractivity contribution in [1.82, 2.24) is 84.6 Å². The number of hydrogen-bond donors (Lipinski definition) is 3. The highest BCUT2D eigenvalue weighted by Crippen LogP contribution is 2.48. The van der Waals surface area contributed by atoms with Crippen LogP contribution in [0.3, 0.4) is 0 Å². The van der Waals surface area contributed by atoms with E-state index in [1.807, 2.05) is 28.5 Å². The number of aliphatic hydroxyl groups excluding tert-OH is 1. The number of alkyl halides is 9. The van der Waals surface area contributed by atoms with E-state index in [-0.39, 0.29) is 115 Å². The highest BCUT2D eigenvalue weighted by Gasteiger charge is 2.48. The van der Waals surface area contributed by atoms with E-state index in [1.165, 1.54) is 53.9 Å². The van der Waals surface area contributed by atoms with Gasteiger partial charge >= 0.3 is 18.5 Å². The fourth-order valence-electron chi connectivity index (χ4n) is 18.9. The van der Waals surface area contributed by atoms with E-state index in [2.05, 4.69) is 55.6 Å². The first-order chi connectivity index (χ1) is 55.4. The third-order valence-corrected chi connectivity index (χ3v) is 25.8. The van der Waals surface area contributed by atoms with Gasteiger partial charge in [-0.3, -0.25) is 9.59 Å². The van der Waals surface area contributed by atoms with Crippen molar-refractivity contribution in [2.24, 2.45) is 47.3 Å². The summed E-state index contributed by atoms with van der Waals surface area (Å²) in [5.41, 5.74) is -3.99. The molecule has 628 valence electrons. The smallest absolute Gasteiger partial charge is 0.392 e. The SMILES string of the molecule is CC(=O)N[C@H](C)CN1CC(C[C@H](c2ccc(Cl)cc2Cl)n2nc(C(F)(F)F)c3ncc(N4CC([C@H]5CCCN(C[C@H](C)O)C5)C4)nc32)C[C@H](C2CN(c3cnc4c(C(F)(F)F)nn([C@H](CC5C[C@H](C6CN(c7cnc8c(C(F)(F)F)nn([C@H](C)c9ccc(Cl)cc9Cl)c8n7)C6)CN(C[C@H](C)NC(C)=O)C5)c5ccc(Cl)cc5Cl)c4n3)C2)C1. The standard InChI is InChI=1S/C79H89Cl6F9N20O3/c1-40(98-44(5)116)26-107-29-46(16-49(32-107)52-36-110(37-52)65-23-95-68-71(77(86,87)88)103-112(74(68)100-65)43(4)57-12-9-54(80)20-60(57)83)19-64(59-14-11-56(82)22-62(59)85)114-76-70(73(105-114)79(92,93)94)97-25-67(102-76)111-38-53(39-111)50-17-47(30-108(33-50)27-41(2)99-45(6)117)18-63(58-13-10-55(81)21-61(58)84)113-75-69(72(104-113)78(89,90)91)96-24-66(101-75)109-34-51(35-109)48-8-7-15-106(31-48)28-42(3)115/h9-14,20-25,40-43,46-53,63-64,115H,7-8,15-19,26-39H2,1-6H3,(H,98,116)(H,99,117)/t40-,41+,42-,43+,46?,47?,48-,49-,50-,63+,64+/m0/s1. The Morgan fingerprint density at radius 2 is 0.812 bits per heavy atom. The Morgan fingerprint density at radius 1 is 0.462 bits per heavy atom. The van der Waals surface area contributed by atoms with E-state index >= 15 is 26.3 Å². The lowest BCUT2D eigenvalue weighted by Crippen LogP contribution is -2.56. The molecule has 12 heterocycles. The molecule has 6 fully saturated rings. The van der Waals surface area contributed by atoms with Crippen LogP contribution in [-0.4, -0.2) is 207 Å². The van der Waals surface area contributed by atoms with Crippen LogP contribution in [-0.2, 0) is 28.1 Å². The first-order valence-electron chi connectivity index (χ1n) is 39.4. The van der Waals surface area contributed by atoms with Crippen LogP contribution in [0.1, 0.15) is 132 Å². The highest BCUT2D eigenvalue weighted by atomic mass is 35.5. The number of carbonyl (C=O) groups is 2. The van der Waals surface area contributed by atoms with Crippen LogP contribution in [0.25, 0.3) is 33.5 Å². The largest absolute Gasteiger partial charge is 0.437 e. The molecule has 6 saturated heterocycles. The van der Waals surface area contributed by atoms with Crippen molar-refractivity contribution >= 4 is 132 Å². The van der Waals surface area contributed by atoms with E-state index in [1.54, 1.807) is 56.3 Å². The number of amides is 2. The molecule has 3 N–H and O–H groups in total. The molecule has 9 aromatic rings. The van der Waals surface area contributed by atoms with Crippen molar-refractivity contribution in [3.05, 3.63) is 137 Å². The number of aromatic nitrogens is 12. The summed E-state index contributed by atoms with van der Waals surface area (Å²) in [4.78, 5) is 65.7. The summed E-state index contributed by atoms with van der Waals surface area (Å²) in [5, 5.41) is 30.4. The number of likely N-dealkylation sites (tertiary alicyclic amines) is 3. The van der Waals surface area contributed by atoms with Gasteiger partial charge in [-0.15, -0.1) is 0 Å². The zero-order valence-electron chi connectivity index (χ0n) is 64.8. The third kappa shape index (κ3) is 18.5. The van der Waals surface area contributed by atoms with Crippen molar-refractivity contribution in [2.45, 2.75) is 135 Å². The van der Waals surface area contributed by atoms with Gasteiger partial charge in [0, 0.05) is 148 Å². The van der Waals surface area contributed by atoms with Crippen LogP contribution in [0.4, 0.5) is 57.0 Å². The number of anilines is 3. The average Bonchev–Trinajstić information content (AvgIpc) is 1.61. The first kappa shape index (κ1) is 84.6. The van der Waals surface area contributed by atoms with Gasteiger partial charge in [0.25, 0.3) is 0 Å². The van der Waals surface area contributed by atoms with Gasteiger partial charge in [0.15, 0.2) is 34.0 Å². The van der Waals surface area contributed by atoms with E-state index < -0.39 is 76.4 Å². The summed E-state index contributed by atoms with van der Waals surface area (Å²) in [6, 6.07) is 11.0. The fraction of sp³-hybridized carbons (Fsp3) is 0.557. The molecule has 0 spiro atoms. The van der Waals surface area contributed by atoms with E-state index in [0.717, 1.165) is 30.6 Å². The number of piperidine rings is 3. The maximum absolute atomic E-state index is 15.6. The molecule has 38 heteroatoms. The number of carbonyl (C=O) groups excluding carboxylic acids is 2. The van der Waals surface area contributed by atoms with Gasteiger partial charge in [0.1, 0.15) is 34.0 Å². The average molecular weight is 1750 g/mol. The van der Waals surface area contributed by atoms with Gasteiger partial charge < -0.3 is 45.1 Å². The lowest BCUT2D eigenvalue weighted by molar-refractivity contribution is -0.141. The number of halogens is 15. The van der Waals surface area contributed by atoms with Crippen LogP contribution in [0.5, 0.6) is 0 Å². The number of aliphatic hydroxyl groups is 1. The molecule has 6 aliphatic rings. The van der Waals surface area contributed by atoms with Crippen molar-refractivity contribution in [2.75, 3.05) is 113 Å². The van der Waals surface area contributed by atoms with E-state index in [4.69, 9.17) is 84.6 Å². The maximum Gasteiger partial charge on any atom is 0.437 e. The number of β-amino-alcohol motifs (C(OH)–C–C–N with tert-alkyl or cyclic N) is 1. The topological polar surface area (TPSA) is 229 Å². The number of fused-ring (bicyclic) bond motifs is 3. The minimum absolute atomic E-state index is 0.0192. The van der Waals surface area contributed by atoms with Crippen LogP contribution >= 0.6 is 69.6 Å². The summed E-state index contributed by atoms with van der Waals surface area (Å²) in [5.74, 6) is 0.512. The number of benzene rings is 3. The van der Waals surface area contributed by atoms with Crippen molar-refractivity contribution in [3.63, 3.8) is 0 Å². The zero-order chi connectivity index (χ0) is 83.2. The zero-order valence-corrected chi connectivity index (χ0v) is 69.4. The molecular formula is C79H89Cl6F9N20O3. The monoisotopic (exact) mass is 1750 g/mol. The Labute approximate surface area is 699 Å². The molecule has 6 aliphatic heterocycles. The first-order valence-corrected chi connectivity index (χ1v) is 41.7. The molecular weight excluding hydrogens is 1660 g/mol. The minimum atomic E-state index is -5.01. The number of nitrogens with one attached hydrogen (secondary N) is 2. The lowest BCUT2D eigenvalue weighted by Gasteiger charge is -2.49. The van der Waals surface area contributed by atoms with Crippen LogP contribution in [0.2, 0.25) is 30.1 Å². The Hall–Kier alpha value is -7.40. The van der Waals surface area contributed by atoms with Gasteiger partial charge in [-0.2, -0.15) is 54.8 Å². The Kier molecular flexibility index (Phi) is 24.5. The second-order valence-electron chi connectivity index (χ2n) is 33.1. The number of rotatable bonds is 24. The van der Waals surface area contributed by atoms with Crippen LogP contribution in [0.15, 0.2) is 73.2 Å². The van der Waals surface area contributed by atoms with E-state index in [0.29, 0.717) is 148 Å². The molecule has 0 radical (unpaired) electrons. The van der Waals surface area contributed by atoms with Gasteiger partial charge in [0.2, 0.25) is 11.8 Å². The highest BCUT2D eigenvalue weighted by molar-refractivity contribution is 6.36. The second kappa shape index (κ2) is 33.9. The van der Waals surface area contributed by atoms with Crippen molar-refractivity contribution in [3.8, 4) is 0 Å². The predicted octanol–water partition coefficient (Wildman–Crippen LogP) is 15.4. The Bertz CT molecular complexity index is 5150. The molecule has 2 unspecified atom stereocenters. The molecule has 15 rings (SSSR count). The molecule has 2 amide bonds. The molecule has 3 aromatic carbocycles. The lowest BCUT2D eigenvalue weighted by atomic mass is 9.75. The molecule has 11 atom stereocenters. The quantitative estimate of drug-likeness (QED) is 0.0478. The van der Waals surface area contributed by atoms with Crippen LogP contribution < -0.4 is 25.3 Å². The van der Waals surface area contributed by atoms with Gasteiger partial charge in [0.05, 0.1) is 42.8 Å². The van der Waals surface area contributed by atoms with Crippen molar-refractivity contribution in [1.29, 1.82) is 0 Å². The predicted molar refractivity (Wildman–Crippen MR) is 430 cm³/mol. The summed E-state index contributed by atoms with van der Waals surface area (Å²) >= 11 is 40.1. The summed E-state index contributed by atoms with van der Waals surface area (Å²) in [7, 11) is 0. The second-order valence-corrected chi connectivity index (χ2v) is 35.7. The Morgan fingerprint density at radius 3 is 1.17 bits per heavy atom. The van der Waals surface area contributed by atoms with Gasteiger partial charge in [-0.1, -0.05) is 87.8 Å². The van der Waals surface area contributed by atoms with Gasteiger partial charge in [-0.25, -0.2) is 43.9 Å². The van der Waals surface area contributed by atoms with Crippen LogP contribution in [0, 0.1) is 47.3 Å². The Balaban J connectivity index is 0.709. The van der Waals surface area contributed by atoms with Crippen molar-refractivity contribution < 1.29 is 54.2 Å². The summed E-state index contributed by atoms with van der Waals surface area (Å²) < 4.78 is 141. The molecule has 6 aromatic heterocycles. The van der Waals surface area contributed by atoms with Gasteiger partial charge in [-0.05, 0) is 173 Å². The molecule has 0 saturated carbocycles. The molecule has 0 bridgehead atoms. The maximum atomic E-state index is 15.6. The summed E-state index contributed by atoms with van der Waals surface area (Å²) in [6.45, 7) is 18.2. The number of nitrogens with zero attached hydrogens (tertiary/aromatic N) is 18.